The lowest BCUT2D eigenvalue weighted by Crippen LogP contribution is -2.46. The van der Waals surface area contributed by atoms with Gasteiger partial charge in [-0.2, -0.15) is 4.31 Å². The molecule has 1 unspecified atom stereocenters. The maximum atomic E-state index is 12.7. The number of aliphatic carboxylic acids is 1. The molecule has 2 rings (SSSR count). The Morgan fingerprint density at radius 1 is 1.30 bits per heavy atom. The zero-order valence-corrected chi connectivity index (χ0v) is 13.8. The maximum absolute atomic E-state index is 12.7. The van der Waals surface area contributed by atoms with Crippen LogP contribution in [0.15, 0.2) is 29.2 Å². The molecule has 1 amide bonds. The molecule has 0 saturated carbocycles. The number of nitrogens with zero attached hydrogens (tertiary/aromatic N) is 1. The zero-order chi connectivity index (χ0) is 17.0. The predicted molar refractivity (Wildman–Crippen MR) is 83.6 cm³/mol. The van der Waals surface area contributed by atoms with E-state index in [1.165, 1.54) is 24.3 Å². The standard InChI is InChI=1S/C14H17ClN2O5S/c15-10-3-5-11(6-4-10)23(21,22)17-9-1-2-12(17)14(20)16-8-7-13(18)19/h3-6,12H,1-2,7-9H2,(H,16,20)(H,18,19). The van der Waals surface area contributed by atoms with Crippen LogP contribution in [0.1, 0.15) is 19.3 Å². The molecule has 0 spiro atoms. The van der Waals surface area contributed by atoms with E-state index in [-0.39, 0.29) is 24.4 Å². The molecule has 7 nitrogen and oxygen atoms in total. The molecule has 0 aromatic heterocycles. The SMILES string of the molecule is O=C(O)CCNC(=O)C1CCCN1S(=O)(=O)c1ccc(Cl)cc1. The average Bonchev–Trinajstić information content (AvgIpc) is 2.97. The lowest BCUT2D eigenvalue weighted by atomic mass is 10.2. The van der Waals surface area contributed by atoms with Gasteiger partial charge in [0.2, 0.25) is 15.9 Å². The van der Waals surface area contributed by atoms with E-state index in [0.29, 0.717) is 17.9 Å². The maximum Gasteiger partial charge on any atom is 0.305 e. The van der Waals surface area contributed by atoms with Crippen LogP contribution >= 0.6 is 11.6 Å². The summed E-state index contributed by atoms with van der Waals surface area (Å²) < 4.78 is 26.5. The molecule has 1 aliphatic rings. The fourth-order valence-corrected chi connectivity index (χ4v) is 4.22. The molecule has 0 bridgehead atoms. The van der Waals surface area contributed by atoms with Crippen LogP contribution in [-0.2, 0) is 19.6 Å². The van der Waals surface area contributed by atoms with Gasteiger partial charge in [0.15, 0.2) is 0 Å². The fourth-order valence-electron chi connectivity index (χ4n) is 2.44. The second-order valence-corrected chi connectivity index (χ2v) is 7.49. The molecular weight excluding hydrogens is 344 g/mol. The van der Waals surface area contributed by atoms with Gasteiger partial charge in [-0.15, -0.1) is 0 Å². The summed E-state index contributed by atoms with van der Waals surface area (Å²) in [5.41, 5.74) is 0. The van der Waals surface area contributed by atoms with Gasteiger partial charge < -0.3 is 10.4 Å². The van der Waals surface area contributed by atoms with Crippen molar-refractivity contribution in [2.24, 2.45) is 0 Å². The quantitative estimate of drug-likeness (QED) is 0.790. The fraction of sp³-hybridized carbons (Fsp3) is 0.429. The zero-order valence-electron chi connectivity index (χ0n) is 12.2. The first-order valence-electron chi connectivity index (χ1n) is 7.09. The Kier molecular flexibility index (Phi) is 5.61. The smallest absolute Gasteiger partial charge is 0.305 e. The summed E-state index contributed by atoms with van der Waals surface area (Å²) in [6, 6.07) is 4.94. The molecular formula is C14H17ClN2O5S. The van der Waals surface area contributed by atoms with Crippen LogP contribution in [0.3, 0.4) is 0 Å². The van der Waals surface area contributed by atoms with E-state index in [0.717, 1.165) is 4.31 Å². The molecule has 1 aliphatic heterocycles. The van der Waals surface area contributed by atoms with Gasteiger partial charge in [0.25, 0.3) is 0 Å². The molecule has 0 aliphatic carbocycles. The van der Waals surface area contributed by atoms with Crippen LogP contribution in [-0.4, -0.2) is 48.8 Å². The van der Waals surface area contributed by atoms with Crippen LogP contribution < -0.4 is 5.32 Å². The van der Waals surface area contributed by atoms with E-state index in [4.69, 9.17) is 16.7 Å². The number of sulfonamides is 1. The largest absolute Gasteiger partial charge is 0.481 e. The third kappa shape index (κ3) is 4.21. The van der Waals surface area contributed by atoms with Gasteiger partial charge in [0.05, 0.1) is 11.3 Å². The minimum Gasteiger partial charge on any atom is -0.481 e. The number of amides is 1. The topological polar surface area (TPSA) is 104 Å². The Balaban J connectivity index is 2.12. The van der Waals surface area contributed by atoms with Crippen molar-refractivity contribution >= 4 is 33.5 Å². The van der Waals surface area contributed by atoms with Gasteiger partial charge in [-0.1, -0.05) is 11.6 Å². The molecule has 0 radical (unpaired) electrons. The summed E-state index contributed by atoms with van der Waals surface area (Å²) in [5, 5.41) is 11.5. The van der Waals surface area contributed by atoms with Crippen molar-refractivity contribution in [1.29, 1.82) is 0 Å². The van der Waals surface area contributed by atoms with Gasteiger partial charge >= 0.3 is 5.97 Å². The summed E-state index contributed by atoms with van der Waals surface area (Å²) in [5.74, 6) is -1.50. The number of hydrogen-bond donors (Lipinski definition) is 2. The molecule has 1 heterocycles. The van der Waals surface area contributed by atoms with Gasteiger partial charge in [0, 0.05) is 18.1 Å². The molecule has 9 heteroatoms. The van der Waals surface area contributed by atoms with Crippen molar-refractivity contribution in [2.45, 2.75) is 30.2 Å². The highest BCUT2D eigenvalue weighted by molar-refractivity contribution is 7.89. The molecule has 1 saturated heterocycles. The normalized spacial score (nSPS) is 18.7. The number of carboxylic acids is 1. The highest BCUT2D eigenvalue weighted by Gasteiger charge is 2.39. The first-order valence-corrected chi connectivity index (χ1v) is 8.91. The number of carboxylic acid groups (broad SMARTS) is 1. The van der Waals surface area contributed by atoms with Crippen molar-refractivity contribution in [3.8, 4) is 0 Å². The van der Waals surface area contributed by atoms with Gasteiger partial charge in [-0.25, -0.2) is 8.42 Å². The number of rotatable bonds is 6. The summed E-state index contributed by atoms with van der Waals surface area (Å²) in [6.45, 7) is 0.224. The Hall–Kier alpha value is -1.64. The van der Waals surface area contributed by atoms with Crippen molar-refractivity contribution in [3.05, 3.63) is 29.3 Å². The summed E-state index contributed by atoms with van der Waals surface area (Å²) in [6.07, 6.45) is 0.776. The molecule has 1 aromatic carbocycles. The number of nitrogens with one attached hydrogen (secondary N) is 1. The van der Waals surface area contributed by atoms with Crippen LogP contribution in [0.2, 0.25) is 5.02 Å². The first-order chi connectivity index (χ1) is 10.8. The summed E-state index contributed by atoms with van der Waals surface area (Å²) in [4.78, 5) is 22.7. The van der Waals surface area contributed by atoms with Crippen LogP contribution in [0.4, 0.5) is 0 Å². The number of hydrogen-bond acceptors (Lipinski definition) is 4. The number of carbonyl (C=O) groups is 2. The Labute approximate surface area is 139 Å². The van der Waals surface area contributed by atoms with Crippen molar-refractivity contribution in [2.75, 3.05) is 13.1 Å². The van der Waals surface area contributed by atoms with Crippen LogP contribution in [0.25, 0.3) is 0 Å². The molecule has 23 heavy (non-hydrogen) atoms. The number of halogens is 1. The molecule has 126 valence electrons. The molecule has 1 fully saturated rings. The van der Waals surface area contributed by atoms with Crippen molar-refractivity contribution in [1.82, 2.24) is 9.62 Å². The van der Waals surface area contributed by atoms with Gasteiger partial charge in [-0.3, -0.25) is 9.59 Å². The molecule has 2 N–H and O–H groups in total. The monoisotopic (exact) mass is 360 g/mol. The van der Waals surface area contributed by atoms with Crippen LogP contribution in [0, 0.1) is 0 Å². The minimum absolute atomic E-state index is 0.0283. The first kappa shape index (κ1) is 17.7. The summed E-state index contributed by atoms with van der Waals surface area (Å²) in [7, 11) is -3.79. The van der Waals surface area contributed by atoms with E-state index in [2.05, 4.69) is 5.32 Å². The third-order valence-electron chi connectivity index (χ3n) is 3.56. The van der Waals surface area contributed by atoms with E-state index in [1.54, 1.807) is 0 Å². The van der Waals surface area contributed by atoms with E-state index in [1.807, 2.05) is 0 Å². The van der Waals surface area contributed by atoms with Gasteiger partial charge in [-0.05, 0) is 37.1 Å². The summed E-state index contributed by atoms with van der Waals surface area (Å²) >= 11 is 5.76. The highest BCUT2D eigenvalue weighted by atomic mass is 35.5. The lowest BCUT2D eigenvalue weighted by Gasteiger charge is -2.23. The van der Waals surface area contributed by atoms with Crippen LogP contribution in [0.5, 0.6) is 0 Å². The highest BCUT2D eigenvalue weighted by Crippen LogP contribution is 2.26. The average molecular weight is 361 g/mol. The van der Waals surface area contributed by atoms with Crippen molar-refractivity contribution < 1.29 is 23.1 Å². The van der Waals surface area contributed by atoms with E-state index >= 15 is 0 Å². The number of carbonyl (C=O) groups excluding carboxylic acids is 1. The van der Waals surface area contributed by atoms with E-state index in [9.17, 15) is 18.0 Å². The van der Waals surface area contributed by atoms with Crippen molar-refractivity contribution in [3.63, 3.8) is 0 Å². The second kappa shape index (κ2) is 7.29. The second-order valence-electron chi connectivity index (χ2n) is 5.16. The predicted octanol–water partition coefficient (Wildman–Crippen LogP) is 1.08. The Morgan fingerprint density at radius 2 is 1.96 bits per heavy atom. The lowest BCUT2D eigenvalue weighted by molar-refractivity contribution is -0.137. The third-order valence-corrected chi connectivity index (χ3v) is 5.74. The van der Waals surface area contributed by atoms with E-state index < -0.39 is 27.9 Å². The number of benzene rings is 1. The Morgan fingerprint density at radius 3 is 2.57 bits per heavy atom. The minimum atomic E-state index is -3.79. The Bertz CT molecular complexity index is 690. The van der Waals surface area contributed by atoms with Gasteiger partial charge in [0.1, 0.15) is 6.04 Å². The molecule has 1 aromatic rings. The molecule has 1 atom stereocenters.